The molecule has 0 spiro atoms. The second-order valence-electron chi connectivity index (χ2n) is 3.40. The molecular formula is C8H13N3O. The molecule has 2 unspecified atom stereocenters. The normalized spacial score (nSPS) is 29.4. The Labute approximate surface area is 70.4 Å². The maximum Gasteiger partial charge on any atom is 0.325 e. The van der Waals surface area contributed by atoms with Crippen molar-refractivity contribution < 1.29 is 0 Å². The summed E-state index contributed by atoms with van der Waals surface area (Å²) < 4.78 is 1.74. The van der Waals surface area contributed by atoms with Crippen LogP contribution in [0.3, 0.4) is 0 Å². The molecule has 1 aliphatic carbocycles. The number of H-pyrrole nitrogens is 1. The molecule has 4 nitrogen and oxygen atoms in total. The Morgan fingerprint density at radius 1 is 1.58 bits per heavy atom. The molecule has 3 N–H and O–H groups in total. The van der Waals surface area contributed by atoms with E-state index in [9.17, 15) is 4.79 Å². The summed E-state index contributed by atoms with van der Waals surface area (Å²) in [5, 5.41) is 0. The minimum absolute atomic E-state index is 0.0194. The van der Waals surface area contributed by atoms with E-state index in [1.54, 1.807) is 17.0 Å². The molecule has 1 aromatic rings. The minimum Gasteiger partial charge on any atom is -0.328 e. The Morgan fingerprint density at radius 3 is 2.92 bits per heavy atom. The van der Waals surface area contributed by atoms with Gasteiger partial charge in [-0.05, 0) is 19.3 Å². The van der Waals surface area contributed by atoms with Crippen LogP contribution in [0.4, 0.5) is 0 Å². The summed E-state index contributed by atoms with van der Waals surface area (Å²) in [7, 11) is 0. The zero-order valence-corrected chi connectivity index (χ0v) is 6.86. The lowest BCUT2D eigenvalue weighted by Crippen LogP contribution is -2.22. The van der Waals surface area contributed by atoms with E-state index in [-0.39, 0.29) is 11.7 Å². The van der Waals surface area contributed by atoms with Crippen LogP contribution in [0.25, 0.3) is 0 Å². The Bertz CT molecular complexity index is 314. The van der Waals surface area contributed by atoms with Gasteiger partial charge in [0, 0.05) is 24.5 Å². The average molecular weight is 167 g/mol. The van der Waals surface area contributed by atoms with Gasteiger partial charge in [0.2, 0.25) is 0 Å². The average Bonchev–Trinajstić information content (AvgIpc) is 2.58. The summed E-state index contributed by atoms with van der Waals surface area (Å²) in [5.74, 6) is 0. The number of nitrogens with one attached hydrogen (secondary N) is 1. The first kappa shape index (κ1) is 7.61. The van der Waals surface area contributed by atoms with E-state index in [0.717, 1.165) is 19.3 Å². The molecule has 4 heteroatoms. The van der Waals surface area contributed by atoms with E-state index < -0.39 is 0 Å². The number of hydrogen-bond donors (Lipinski definition) is 2. The third-order valence-corrected chi connectivity index (χ3v) is 2.52. The number of nitrogens with two attached hydrogens (primary N) is 1. The smallest absolute Gasteiger partial charge is 0.325 e. The number of imidazole rings is 1. The fourth-order valence-electron chi connectivity index (χ4n) is 1.86. The van der Waals surface area contributed by atoms with Gasteiger partial charge in [0.05, 0.1) is 0 Å². The standard InChI is InChI=1S/C8H13N3O/c9-6-1-2-7(5-6)11-4-3-10-8(11)12/h3-4,6-7H,1-2,5,9H2,(H,10,12). The molecule has 1 aliphatic rings. The second-order valence-corrected chi connectivity index (χ2v) is 3.40. The molecule has 0 saturated heterocycles. The molecule has 1 aromatic heterocycles. The Balaban J connectivity index is 2.21. The van der Waals surface area contributed by atoms with Gasteiger partial charge in [-0.3, -0.25) is 4.57 Å². The highest BCUT2D eigenvalue weighted by atomic mass is 16.1. The van der Waals surface area contributed by atoms with Crippen molar-refractivity contribution >= 4 is 0 Å². The highest BCUT2D eigenvalue weighted by molar-refractivity contribution is 4.87. The molecule has 0 aliphatic heterocycles. The summed E-state index contributed by atoms with van der Waals surface area (Å²) >= 11 is 0. The molecule has 66 valence electrons. The third kappa shape index (κ3) is 1.18. The van der Waals surface area contributed by atoms with Gasteiger partial charge in [-0.2, -0.15) is 0 Å². The molecule has 12 heavy (non-hydrogen) atoms. The second kappa shape index (κ2) is 2.79. The summed E-state index contributed by atoms with van der Waals surface area (Å²) in [6.07, 6.45) is 6.45. The number of aromatic nitrogens is 2. The fourth-order valence-corrected chi connectivity index (χ4v) is 1.86. The van der Waals surface area contributed by atoms with E-state index in [2.05, 4.69) is 4.98 Å². The first-order valence-corrected chi connectivity index (χ1v) is 4.28. The van der Waals surface area contributed by atoms with Crippen molar-refractivity contribution in [3.8, 4) is 0 Å². The van der Waals surface area contributed by atoms with Gasteiger partial charge in [-0.15, -0.1) is 0 Å². The first-order chi connectivity index (χ1) is 5.77. The van der Waals surface area contributed by atoms with Crippen LogP contribution in [0, 0.1) is 0 Å². The monoisotopic (exact) mass is 167 g/mol. The van der Waals surface area contributed by atoms with Crippen LogP contribution < -0.4 is 11.4 Å². The van der Waals surface area contributed by atoms with E-state index in [4.69, 9.17) is 5.73 Å². The van der Waals surface area contributed by atoms with Crippen molar-refractivity contribution in [1.29, 1.82) is 0 Å². The fraction of sp³-hybridized carbons (Fsp3) is 0.625. The highest BCUT2D eigenvalue weighted by Gasteiger charge is 2.23. The van der Waals surface area contributed by atoms with Crippen LogP contribution in [-0.2, 0) is 0 Å². The van der Waals surface area contributed by atoms with Gasteiger partial charge in [-0.25, -0.2) is 4.79 Å². The van der Waals surface area contributed by atoms with Crippen LogP contribution >= 0.6 is 0 Å². The van der Waals surface area contributed by atoms with Crippen molar-refractivity contribution in [3.05, 3.63) is 22.9 Å². The van der Waals surface area contributed by atoms with Crippen LogP contribution in [0.5, 0.6) is 0 Å². The van der Waals surface area contributed by atoms with Crippen molar-refractivity contribution in [2.75, 3.05) is 0 Å². The number of aromatic amines is 1. The molecule has 0 bridgehead atoms. The molecule has 1 heterocycles. The maximum atomic E-state index is 11.2. The molecular weight excluding hydrogens is 154 g/mol. The van der Waals surface area contributed by atoms with Gasteiger partial charge in [0.15, 0.2) is 0 Å². The minimum atomic E-state index is -0.0194. The number of nitrogens with zero attached hydrogens (tertiary/aromatic N) is 1. The number of rotatable bonds is 1. The van der Waals surface area contributed by atoms with E-state index >= 15 is 0 Å². The van der Waals surface area contributed by atoms with Crippen molar-refractivity contribution in [1.82, 2.24) is 9.55 Å². The van der Waals surface area contributed by atoms with Crippen molar-refractivity contribution in [2.45, 2.75) is 31.3 Å². The topological polar surface area (TPSA) is 63.8 Å². The Kier molecular flexibility index (Phi) is 1.77. The predicted octanol–water partition coefficient (Wildman–Crippen LogP) is 0.229. The van der Waals surface area contributed by atoms with E-state index in [1.807, 2.05) is 0 Å². The molecule has 2 rings (SSSR count). The van der Waals surface area contributed by atoms with Gasteiger partial charge in [0.1, 0.15) is 0 Å². The number of hydrogen-bond acceptors (Lipinski definition) is 2. The zero-order valence-electron chi connectivity index (χ0n) is 6.86. The molecule has 0 amide bonds. The molecule has 0 radical (unpaired) electrons. The summed E-state index contributed by atoms with van der Waals surface area (Å²) in [6.45, 7) is 0. The highest BCUT2D eigenvalue weighted by Crippen LogP contribution is 2.27. The third-order valence-electron chi connectivity index (χ3n) is 2.52. The predicted molar refractivity (Wildman–Crippen MR) is 45.9 cm³/mol. The van der Waals surface area contributed by atoms with Gasteiger partial charge in [-0.1, -0.05) is 0 Å². The van der Waals surface area contributed by atoms with Gasteiger partial charge in [0.25, 0.3) is 0 Å². The van der Waals surface area contributed by atoms with Crippen LogP contribution in [0.15, 0.2) is 17.2 Å². The van der Waals surface area contributed by atoms with Crippen LogP contribution in [0.1, 0.15) is 25.3 Å². The largest absolute Gasteiger partial charge is 0.328 e. The van der Waals surface area contributed by atoms with Crippen molar-refractivity contribution in [3.63, 3.8) is 0 Å². The lowest BCUT2D eigenvalue weighted by molar-refractivity contribution is 0.496. The quantitative estimate of drug-likeness (QED) is 0.628. The Morgan fingerprint density at radius 2 is 2.42 bits per heavy atom. The summed E-state index contributed by atoms with van der Waals surface area (Å²) in [4.78, 5) is 13.8. The molecule has 1 fully saturated rings. The molecule has 1 saturated carbocycles. The Hall–Kier alpha value is -1.03. The van der Waals surface area contributed by atoms with Crippen LogP contribution in [-0.4, -0.2) is 15.6 Å². The molecule has 2 atom stereocenters. The van der Waals surface area contributed by atoms with Crippen LogP contribution in [0.2, 0.25) is 0 Å². The molecule has 0 aromatic carbocycles. The van der Waals surface area contributed by atoms with E-state index in [1.165, 1.54) is 0 Å². The van der Waals surface area contributed by atoms with Crippen molar-refractivity contribution in [2.24, 2.45) is 5.73 Å². The maximum absolute atomic E-state index is 11.2. The lowest BCUT2D eigenvalue weighted by atomic mass is 10.2. The summed E-state index contributed by atoms with van der Waals surface area (Å²) in [6, 6.07) is 0.593. The zero-order chi connectivity index (χ0) is 8.55. The lowest BCUT2D eigenvalue weighted by Gasteiger charge is -2.08. The van der Waals surface area contributed by atoms with Gasteiger partial charge >= 0.3 is 5.69 Å². The van der Waals surface area contributed by atoms with Gasteiger partial charge < -0.3 is 10.7 Å². The van der Waals surface area contributed by atoms with E-state index in [0.29, 0.717) is 6.04 Å². The summed E-state index contributed by atoms with van der Waals surface area (Å²) in [5.41, 5.74) is 5.74. The SMILES string of the molecule is NC1CCC(n2cc[nH]c2=O)C1. The first-order valence-electron chi connectivity index (χ1n) is 4.28.